The van der Waals surface area contributed by atoms with Gasteiger partial charge in [-0.05, 0) is 62.1 Å². The summed E-state index contributed by atoms with van der Waals surface area (Å²) in [7, 11) is 0. The summed E-state index contributed by atoms with van der Waals surface area (Å²) >= 11 is 0. The van der Waals surface area contributed by atoms with Crippen molar-refractivity contribution in [1.29, 1.82) is 0 Å². The van der Waals surface area contributed by atoms with Crippen molar-refractivity contribution in [2.24, 2.45) is 5.92 Å². The normalized spacial score (nSPS) is 30.2. The van der Waals surface area contributed by atoms with Crippen molar-refractivity contribution in [2.75, 3.05) is 0 Å². The van der Waals surface area contributed by atoms with Gasteiger partial charge < -0.3 is 9.84 Å². The lowest BCUT2D eigenvalue weighted by atomic mass is 9.74. The highest BCUT2D eigenvalue weighted by molar-refractivity contribution is 5.33. The Labute approximate surface area is 122 Å². The molecule has 110 valence electrons. The molecule has 0 aliphatic heterocycles. The fourth-order valence-corrected chi connectivity index (χ4v) is 3.38. The first-order valence-corrected chi connectivity index (χ1v) is 8.19. The lowest BCUT2D eigenvalue weighted by Gasteiger charge is -2.36. The zero-order valence-corrected chi connectivity index (χ0v) is 12.5. The number of ether oxygens (including phenoxy) is 1. The van der Waals surface area contributed by atoms with Crippen molar-refractivity contribution in [3.8, 4) is 5.75 Å². The van der Waals surface area contributed by atoms with Crippen LogP contribution < -0.4 is 4.74 Å². The van der Waals surface area contributed by atoms with Gasteiger partial charge in [0, 0.05) is 0 Å². The fraction of sp³-hybridized carbons (Fsp3) is 0.667. The molecule has 0 radical (unpaired) electrons. The van der Waals surface area contributed by atoms with E-state index in [1.54, 1.807) is 0 Å². The molecule has 1 aromatic carbocycles. The molecule has 2 saturated carbocycles. The molecule has 2 fully saturated rings. The van der Waals surface area contributed by atoms with Crippen LogP contribution in [0.4, 0.5) is 0 Å². The minimum Gasteiger partial charge on any atom is -0.490 e. The highest BCUT2D eigenvalue weighted by atomic mass is 16.5. The van der Waals surface area contributed by atoms with Crippen molar-refractivity contribution >= 4 is 0 Å². The van der Waals surface area contributed by atoms with Crippen LogP contribution in [-0.2, 0) is 5.60 Å². The van der Waals surface area contributed by atoms with Gasteiger partial charge in [0.15, 0.2) is 0 Å². The van der Waals surface area contributed by atoms with Gasteiger partial charge in [0.25, 0.3) is 0 Å². The Morgan fingerprint density at radius 2 is 1.95 bits per heavy atom. The molecule has 1 aromatic rings. The largest absolute Gasteiger partial charge is 0.490 e. The van der Waals surface area contributed by atoms with Gasteiger partial charge in [-0.25, -0.2) is 0 Å². The van der Waals surface area contributed by atoms with Gasteiger partial charge in [0.1, 0.15) is 5.75 Å². The minimum absolute atomic E-state index is 0.417. The smallest absolute Gasteiger partial charge is 0.120 e. The van der Waals surface area contributed by atoms with Crippen LogP contribution in [0, 0.1) is 5.92 Å². The molecule has 0 bridgehead atoms. The second-order valence-corrected chi connectivity index (χ2v) is 6.61. The summed E-state index contributed by atoms with van der Waals surface area (Å²) in [6, 6.07) is 8.13. The molecule has 0 spiro atoms. The van der Waals surface area contributed by atoms with Crippen molar-refractivity contribution < 1.29 is 9.84 Å². The first-order chi connectivity index (χ1) is 9.69. The molecule has 0 amide bonds. The summed E-state index contributed by atoms with van der Waals surface area (Å²) in [5.41, 5.74) is 0.415. The highest BCUT2D eigenvalue weighted by Gasteiger charge is 2.35. The van der Waals surface area contributed by atoms with Crippen LogP contribution in [0.15, 0.2) is 24.3 Å². The van der Waals surface area contributed by atoms with Crippen molar-refractivity contribution in [1.82, 2.24) is 0 Å². The highest BCUT2D eigenvalue weighted by Crippen LogP contribution is 2.41. The molecule has 3 rings (SSSR count). The van der Waals surface area contributed by atoms with E-state index in [1.807, 2.05) is 12.1 Å². The lowest BCUT2D eigenvalue weighted by Crippen LogP contribution is -2.31. The third-order valence-electron chi connectivity index (χ3n) is 4.83. The Bertz CT molecular complexity index is 442. The number of benzene rings is 1. The zero-order valence-electron chi connectivity index (χ0n) is 12.5. The van der Waals surface area contributed by atoms with Crippen molar-refractivity contribution in [3.63, 3.8) is 0 Å². The SMILES string of the molecule is CCCC1CCC(O)(c2cccc(OC3CC3)c2)CC1. The van der Waals surface area contributed by atoms with Gasteiger partial charge in [-0.3, -0.25) is 0 Å². The van der Waals surface area contributed by atoms with E-state index in [9.17, 15) is 5.11 Å². The summed E-state index contributed by atoms with van der Waals surface area (Å²) < 4.78 is 5.85. The second-order valence-electron chi connectivity index (χ2n) is 6.61. The van der Waals surface area contributed by atoms with Crippen molar-refractivity contribution in [2.45, 2.75) is 70.0 Å². The van der Waals surface area contributed by atoms with E-state index in [1.165, 1.54) is 25.7 Å². The zero-order chi connectivity index (χ0) is 14.0. The van der Waals surface area contributed by atoms with Crippen LogP contribution in [0.1, 0.15) is 63.9 Å². The van der Waals surface area contributed by atoms with E-state index < -0.39 is 5.60 Å². The molecule has 2 nitrogen and oxygen atoms in total. The van der Waals surface area contributed by atoms with E-state index in [2.05, 4.69) is 19.1 Å². The molecule has 20 heavy (non-hydrogen) atoms. The molecule has 0 atom stereocenters. The Morgan fingerprint density at radius 3 is 2.60 bits per heavy atom. The number of rotatable bonds is 5. The van der Waals surface area contributed by atoms with E-state index in [0.717, 1.165) is 42.9 Å². The maximum Gasteiger partial charge on any atom is 0.120 e. The van der Waals surface area contributed by atoms with Gasteiger partial charge >= 0.3 is 0 Å². The third-order valence-corrected chi connectivity index (χ3v) is 4.83. The summed E-state index contributed by atoms with van der Waals surface area (Å²) in [6.45, 7) is 2.25. The van der Waals surface area contributed by atoms with Crippen LogP contribution in [0.5, 0.6) is 5.75 Å². The lowest BCUT2D eigenvalue weighted by molar-refractivity contribution is -0.0154. The quantitative estimate of drug-likeness (QED) is 0.862. The molecule has 0 heterocycles. The standard InChI is InChI=1S/C18H26O2/c1-2-4-14-9-11-18(19,12-10-14)15-5-3-6-17(13-15)20-16-7-8-16/h3,5-6,13-14,16,19H,2,4,7-12H2,1H3. The first kappa shape index (κ1) is 13.9. The summed E-state index contributed by atoms with van der Waals surface area (Å²) in [6.07, 6.45) is 9.42. The van der Waals surface area contributed by atoms with Gasteiger partial charge in [0.05, 0.1) is 11.7 Å². The van der Waals surface area contributed by atoms with E-state index >= 15 is 0 Å². The fourth-order valence-electron chi connectivity index (χ4n) is 3.38. The molecule has 0 aromatic heterocycles. The average molecular weight is 274 g/mol. The average Bonchev–Trinajstić information content (AvgIpc) is 3.26. The van der Waals surface area contributed by atoms with Crippen LogP contribution in [-0.4, -0.2) is 11.2 Å². The predicted octanol–water partition coefficient (Wildman–Crippen LogP) is 4.41. The monoisotopic (exact) mass is 274 g/mol. The van der Waals surface area contributed by atoms with E-state index in [0.29, 0.717) is 6.10 Å². The van der Waals surface area contributed by atoms with E-state index in [-0.39, 0.29) is 0 Å². The van der Waals surface area contributed by atoms with Crippen LogP contribution in [0.25, 0.3) is 0 Å². The van der Waals surface area contributed by atoms with Gasteiger partial charge in [-0.2, -0.15) is 0 Å². The number of hydrogen-bond donors (Lipinski definition) is 1. The molecule has 0 unspecified atom stereocenters. The minimum atomic E-state index is -0.632. The van der Waals surface area contributed by atoms with Gasteiger partial charge in [0.2, 0.25) is 0 Å². The molecule has 2 aliphatic carbocycles. The molecule has 0 saturated heterocycles. The Kier molecular flexibility index (Phi) is 4.02. The Hall–Kier alpha value is -1.02. The Morgan fingerprint density at radius 1 is 1.20 bits per heavy atom. The van der Waals surface area contributed by atoms with Crippen LogP contribution >= 0.6 is 0 Å². The summed E-state index contributed by atoms with van der Waals surface area (Å²) in [5, 5.41) is 10.9. The molecule has 1 N–H and O–H groups in total. The van der Waals surface area contributed by atoms with Crippen LogP contribution in [0.2, 0.25) is 0 Å². The predicted molar refractivity (Wildman–Crippen MR) is 80.9 cm³/mol. The number of hydrogen-bond acceptors (Lipinski definition) is 2. The summed E-state index contributed by atoms with van der Waals surface area (Å²) in [4.78, 5) is 0. The van der Waals surface area contributed by atoms with E-state index in [4.69, 9.17) is 4.74 Å². The molecular formula is C18H26O2. The maximum absolute atomic E-state index is 10.9. The second kappa shape index (κ2) is 5.77. The molecule has 2 aliphatic rings. The maximum atomic E-state index is 10.9. The molecular weight excluding hydrogens is 248 g/mol. The number of aliphatic hydroxyl groups is 1. The first-order valence-electron chi connectivity index (χ1n) is 8.19. The topological polar surface area (TPSA) is 29.5 Å². The van der Waals surface area contributed by atoms with Gasteiger partial charge in [-0.1, -0.05) is 31.9 Å². The molecule has 2 heteroatoms. The third kappa shape index (κ3) is 3.17. The Balaban J connectivity index is 1.68. The van der Waals surface area contributed by atoms with Crippen LogP contribution in [0.3, 0.4) is 0 Å². The van der Waals surface area contributed by atoms with Gasteiger partial charge in [-0.15, -0.1) is 0 Å². The van der Waals surface area contributed by atoms with Crippen molar-refractivity contribution in [3.05, 3.63) is 29.8 Å². The summed E-state index contributed by atoms with van der Waals surface area (Å²) in [5.74, 6) is 1.74.